The fraction of sp³-hybridized carbons (Fsp3) is 0.267. The van der Waals surface area contributed by atoms with Gasteiger partial charge < -0.3 is 4.74 Å². The van der Waals surface area contributed by atoms with Gasteiger partial charge in [-0.15, -0.1) is 11.3 Å². The number of fused-ring (bicyclic) bond motifs is 1. The van der Waals surface area contributed by atoms with Crippen LogP contribution in [0.2, 0.25) is 0 Å². The van der Waals surface area contributed by atoms with Gasteiger partial charge in [-0.1, -0.05) is 23.5 Å². The predicted octanol–water partition coefficient (Wildman–Crippen LogP) is 3.35. The highest BCUT2D eigenvalue weighted by atomic mass is 32.1. The van der Waals surface area contributed by atoms with E-state index in [0.717, 1.165) is 15.2 Å². The number of methoxy groups -OCH3 is 1. The maximum Gasteiger partial charge on any atom is 0.279 e. The highest BCUT2D eigenvalue weighted by molar-refractivity contribution is 7.22. The second-order valence-corrected chi connectivity index (χ2v) is 6.74. The molecule has 0 N–H and O–H groups in total. The molecule has 0 aliphatic rings. The number of nitrogens with zero attached hydrogens (tertiary/aromatic N) is 3. The monoisotopic (exact) mass is 333 g/mol. The number of aryl methyl sites for hydroxylation is 1. The summed E-state index contributed by atoms with van der Waals surface area (Å²) >= 11 is 2.97. The summed E-state index contributed by atoms with van der Waals surface area (Å²) in [7, 11) is 1.62. The largest absolute Gasteiger partial charge is 0.383 e. The molecule has 0 spiro atoms. The van der Waals surface area contributed by atoms with E-state index in [1.165, 1.54) is 22.7 Å². The smallest absolute Gasteiger partial charge is 0.279 e. The molecule has 1 aromatic carbocycles. The molecule has 0 saturated carbocycles. The Morgan fingerprint density at radius 1 is 1.32 bits per heavy atom. The predicted molar refractivity (Wildman–Crippen MR) is 90.0 cm³/mol. The van der Waals surface area contributed by atoms with Crippen LogP contribution in [0.15, 0.2) is 29.6 Å². The molecule has 0 fully saturated rings. The van der Waals surface area contributed by atoms with Gasteiger partial charge in [-0.05, 0) is 19.1 Å². The van der Waals surface area contributed by atoms with Crippen molar-refractivity contribution in [2.24, 2.45) is 0 Å². The Labute approximate surface area is 136 Å². The molecule has 2 heterocycles. The Morgan fingerprint density at radius 2 is 2.14 bits per heavy atom. The SMILES string of the molecule is COCCN(C(=O)c1csc(C)n1)c1nc2ccccc2s1. The van der Waals surface area contributed by atoms with Gasteiger partial charge in [0.25, 0.3) is 5.91 Å². The van der Waals surface area contributed by atoms with Crippen LogP contribution in [0.25, 0.3) is 10.2 Å². The lowest BCUT2D eigenvalue weighted by Crippen LogP contribution is -2.34. The van der Waals surface area contributed by atoms with Crippen molar-refractivity contribution in [2.75, 3.05) is 25.2 Å². The van der Waals surface area contributed by atoms with E-state index in [4.69, 9.17) is 4.74 Å². The Hall–Kier alpha value is -1.83. The lowest BCUT2D eigenvalue weighted by atomic mass is 10.3. The molecule has 0 aliphatic heterocycles. The highest BCUT2D eigenvalue weighted by Crippen LogP contribution is 2.29. The number of ether oxygens (including phenoxy) is 1. The van der Waals surface area contributed by atoms with Gasteiger partial charge in [0, 0.05) is 12.5 Å². The average molecular weight is 333 g/mol. The third-order valence-electron chi connectivity index (χ3n) is 3.12. The Kier molecular flexibility index (Phi) is 4.47. The first-order chi connectivity index (χ1) is 10.7. The van der Waals surface area contributed by atoms with Gasteiger partial charge in [0.05, 0.1) is 28.4 Å². The van der Waals surface area contributed by atoms with Crippen molar-refractivity contribution >= 4 is 43.9 Å². The second-order valence-electron chi connectivity index (χ2n) is 4.67. The first kappa shape index (κ1) is 15.1. The van der Waals surface area contributed by atoms with E-state index in [1.807, 2.05) is 31.2 Å². The van der Waals surface area contributed by atoms with Gasteiger partial charge in [-0.25, -0.2) is 9.97 Å². The second kappa shape index (κ2) is 6.51. The summed E-state index contributed by atoms with van der Waals surface area (Å²) in [5.74, 6) is -0.138. The van der Waals surface area contributed by atoms with Crippen molar-refractivity contribution in [1.82, 2.24) is 9.97 Å². The van der Waals surface area contributed by atoms with Crippen molar-refractivity contribution in [3.05, 3.63) is 40.3 Å². The van der Waals surface area contributed by atoms with E-state index in [2.05, 4.69) is 9.97 Å². The topological polar surface area (TPSA) is 55.3 Å². The van der Waals surface area contributed by atoms with Crippen LogP contribution in [0, 0.1) is 6.92 Å². The minimum Gasteiger partial charge on any atom is -0.383 e. The van der Waals surface area contributed by atoms with Gasteiger partial charge >= 0.3 is 0 Å². The molecule has 1 amide bonds. The van der Waals surface area contributed by atoms with Crippen LogP contribution >= 0.6 is 22.7 Å². The van der Waals surface area contributed by atoms with E-state index in [-0.39, 0.29) is 5.91 Å². The minimum atomic E-state index is -0.138. The number of anilines is 1. The van der Waals surface area contributed by atoms with Crippen molar-refractivity contribution in [3.8, 4) is 0 Å². The number of carbonyl (C=O) groups excluding carboxylic acids is 1. The summed E-state index contributed by atoms with van der Waals surface area (Å²) < 4.78 is 6.18. The molecule has 0 bridgehead atoms. The molecule has 0 radical (unpaired) electrons. The Balaban J connectivity index is 1.96. The quantitative estimate of drug-likeness (QED) is 0.718. The van der Waals surface area contributed by atoms with E-state index in [0.29, 0.717) is 24.0 Å². The van der Waals surface area contributed by atoms with E-state index in [1.54, 1.807) is 17.4 Å². The van der Waals surface area contributed by atoms with Gasteiger partial charge in [-0.3, -0.25) is 9.69 Å². The summed E-state index contributed by atoms with van der Waals surface area (Å²) in [5.41, 5.74) is 1.35. The number of rotatable bonds is 5. The van der Waals surface area contributed by atoms with Crippen LogP contribution in [0.5, 0.6) is 0 Å². The van der Waals surface area contributed by atoms with Crippen molar-refractivity contribution < 1.29 is 9.53 Å². The number of thiazole rings is 2. The van der Waals surface area contributed by atoms with Crippen LogP contribution in [-0.2, 0) is 4.74 Å². The van der Waals surface area contributed by atoms with Crippen molar-refractivity contribution in [2.45, 2.75) is 6.92 Å². The third kappa shape index (κ3) is 3.01. The number of carbonyl (C=O) groups is 1. The lowest BCUT2D eigenvalue weighted by molar-refractivity contribution is 0.0971. The number of aromatic nitrogens is 2. The zero-order chi connectivity index (χ0) is 15.5. The molecule has 3 rings (SSSR count). The van der Waals surface area contributed by atoms with Crippen LogP contribution in [-0.4, -0.2) is 36.1 Å². The molecular formula is C15H15N3O2S2. The zero-order valence-corrected chi connectivity index (χ0v) is 13.9. The van der Waals surface area contributed by atoms with Gasteiger partial charge in [0.15, 0.2) is 5.13 Å². The molecule has 0 aliphatic carbocycles. The summed E-state index contributed by atoms with van der Waals surface area (Å²) in [4.78, 5) is 23.2. The van der Waals surface area contributed by atoms with E-state index < -0.39 is 0 Å². The summed E-state index contributed by atoms with van der Waals surface area (Å²) in [6.45, 7) is 2.79. The van der Waals surface area contributed by atoms with Gasteiger partial charge in [0.1, 0.15) is 5.69 Å². The number of amides is 1. The van der Waals surface area contributed by atoms with Crippen LogP contribution in [0.3, 0.4) is 0 Å². The molecular weight excluding hydrogens is 318 g/mol. The normalized spacial score (nSPS) is 11.0. The number of hydrogen-bond donors (Lipinski definition) is 0. The van der Waals surface area contributed by atoms with Gasteiger partial charge in [-0.2, -0.15) is 0 Å². The first-order valence-electron chi connectivity index (χ1n) is 6.77. The molecule has 0 atom stereocenters. The van der Waals surface area contributed by atoms with Crippen molar-refractivity contribution in [3.63, 3.8) is 0 Å². The average Bonchev–Trinajstić information content (AvgIpc) is 3.13. The number of benzene rings is 1. The van der Waals surface area contributed by atoms with Gasteiger partial charge in [0.2, 0.25) is 0 Å². The Morgan fingerprint density at radius 3 is 2.82 bits per heavy atom. The molecule has 5 nitrogen and oxygen atoms in total. The molecule has 0 saturated heterocycles. The molecule has 0 unspecified atom stereocenters. The maximum absolute atomic E-state index is 12.7. The molecule has 22 heavy (non-hydrogen) atoms. The van der Waals surface area contributed by atoms with Crippen molar-refractivity contribution in [1.29, 1.82) is 0 Å². The summed E-state index contributed by atoms with van der Waals surface area (Å²) in [6, 6.07) is 7.86. The summed E-state index contributed by atoms with van der Waals surface area (Å²) in [6.07, 6.45) is 0. The molecule has 2 aromatic heterocycles. The molecule has 114 valence electrons. The van der Waals surface area contributed by atoms with Crippen LogP contribution in [0.1, 0.15) is 15.5 Å². The zero-order valence-electron chi connectivity index (χ0n) is 12.3. The molecule has 3 aromatic rings. The lowest BCUT2D eigenvalue weighted by Gasteiger charge is -2.18. The minimum absolute atomic E-state index is 0.138. The third-order valence-corrected chi connectivity index (χ3v) is 4.95. The first-order valence-corrected chi connectivity index (χ1v) is 8.47. The number of hydrogen-bond acceptors (Lipinski definition) is 6. The fourth-order valence-electron chi connectivity index (χ4n) is 2.04. The van der Waals surface area contributed by atoms with Crippen LogP contribution in [0.4, 0.5) is 5.13 Å². The maximum atomic E-state index is 12.7. The standard InChI is InChI=1S/C15H15N3O2S2/c1-10-16-12(9-21-10)14(19)18(7-8-20-2)15-17-11-5-3-4-6-13(11)22-15/h3-6,9H,7-8H2,1-2H3. The molecule has 7 heteroatoms. The summed E-state index contributed by atoms with van der Waals surface area (Å²) in [5, 5.41) is 3.33. The Bertz CT molecular complexity index is 764. The number of para-hydroxylation sites is 1. The van der Waals surface area contributed by atoms with Crippen LogP contribution < -0.4 is 4.90 Å². The van der Waals surface area contributed by atoms with E-state index in [9.17, 15) is 4.79 Å². The fourth-order valence-corrected chi connectivity index (χ4v) is 3.62. The highest BCUT2D eigenvalue weighted by Gasteiger charge is 2.22. The van der Waals surface area contributed by atoms with E-state index >= 15 is 0 Å².